The van der Waals surface area contributed by atoms with Crippen molar-refractivity contribution in [2.75, 3.05) is 0 Å². The molecule has 2 heterocycles. The van der Waals surface area contributed by atoms with Crippen molar-refractivity contribution in [2.45, 2.75) is 12.4 Å². The summed E-state index contributed by atoms with van der Waals surface area (Å²) in [6, 6.07) is 5.43. The first kappa shape index (κ1) is 24.5. The van der Waals surface area contributed by atoms with Gasteiger partial charge in [0.2, 0.25) is 0 Å². The molecule has 0 aliphatic carbocycles. The minimum atomic E-state index is -4.72. The van der Waals surface area contributed by atoms with Crippen molar-refractivity contribution in [2.24, 2.45) is 14.1 Å². The Labute approximate surface area is 203 Å². The van der Waals surface area contributed by atoms with Gasteiger partial charge in [0.25, 0.3) is 11.1 Å². The third-order valence-electron chi connectivity index (χ3n) is 5.58. The first-order valence-electron chi connectivity index (χ1n) is 9.44. The summed E-state index contributed by atoms with van der Waals surface area (Å²) < 4.78 is 82.8. The average molecular weight is 610 g/mol. The van der Waals surface area contributed by atoms with Crippen molar-refractivity contribution in [3.05, 3.63) is 77.2 Å². The van der Waals surface area contributed by atoms with E-state index in [0.29, 0.717) is 0 Å². The molecule has 0 saturated carbocycles. The third-order valence-corrected chi connectivity index (χ3v) is 7.05. The number of alkyl halides is 6. The Morgan fingerprint density at radius 1 is 0.647 bits per heavy atom. The molecule has 178 valence electrons. The van der Waals surface area contributed by atoms with Crippen LogP contribution < -0.4 is 11.1 Å². The zero-order chi connectivity index (χ0) is 25.3. The molecule has 0 bridgehead atoms. The van der Waals surface area contributed by atoms with Crippen LogP contribution in [0.4, 0.5) is 26.3 Å². The van der Waals surface area contributed by atoms with E-state index >= 15 is 0 Å². The first-order chi connectivity index (χ1) is 15.6. The summed E-state index contributed by atoms with van der Waals surface area (Å²) in [7, 11) is 2.71. The summed E-state index contributed by atoms with van der Waals surface area (Å²) in [6.45, 7) is 0. The van der Waals surface area contributed by atoms with Crippen molar-refractivity contribution >= 4 is 53.7 Å². The highest BCUT2D eigenvalue weighted by Gasteiger charge is 2.33. The molecule has 0 aliphatic heterocycles. The fourth-order valence-electron chi connectivity index (χ4n) is 3.86. The molecule has 4 nitrogen and oxygen atoms in total. The number of fused-ring (bicyclic) bond motifs is 2. The lowest BCUT2D eigenvalue weighted by molar-refractivity contribution is -0.138. The van der Waals surface area contributed by atoms with Crippen LogP contribution in [0.15, 0.2) is 54.9 Å². The van der Waals surface area contributed by atoms with E-state index in [-0.39, 0.29) is 41.9 Å². The fraction of sp³-hybridized carbons (Fsp3) is 0.182. The quantitative estimate of drug-likeness (QED) is 0.228. The molecular weight excluding hydrogens is 598 g/mol. The summed E-state index contributed by atoms with van der Waals surface area (Å²) in [6.07, 6.45) is -9.44. The summed E-state index contributed by atoms with van der Waals surface area (Å²) in [4.78, 5) is 25.8. The van der Waals surface area contributed by atoms with Gasteiger partial charge in [0.15, 0.2) is 0 Å². The van der Waals surface area contributed by atoms with Crippen molar-refractivity contribution in [1.82, 2.24) is 9.13 Å². The van der Waals surface area contributed by atoms with Crippen LogP contribution in [-0.2, 0) is 26.4 Å². The molecule has 2 aromatic carbocycles. The van der Waals surface area contributed by atoms with Gasteiger partial charge >= 0.3 is 12.4 Å². The van der Waals surface area contributed by atoms with E-state index in [1.54, 1.807) is 0 Å². The number of hydrogen-bond donors (Lipinski definition) is 0. The largest absolute Gasteiger partial charge is 0.416 e. The summed E-state index contributed by atoms with van der Waals surface area (Å²) in [5.74, 6) is 0. The second-order valence-corrected chi connectivity index (χ2v) is 9.15. The van der Waals surface area contributed by atoms with Gasteiger partial charge in [-0.1, -0.05) is 0 Å². The van der Waals surface area contributed by atoms with E-state index in [4.69, 9.17) is 0 Å². The molecule has 12 heteroatoms. The topological polar surface area (TPSA) is 44.0 Å². The lowest BCUT2D eigenvalue weighted by atomic mass is 9.95. The highest BCUT2D eigenvalue weighted by molar-refractivity contribution is 9.11. The van der Waals surface area contributed by atoms with Gasteiger partial charge in [-0.15, -0.1) is 0 Å². The fourth-order valence-corrected chi connectivity index (χ4v) is 5.22. The number of aromatic nitrogens is 2. The van der Waals surface area contributed by atoms with E-state index in [1.807, 2.05) is 0 Å². The maximum absolute atomic E-state index is 13.5. The number of aryl methyl sites for hydroxylation is 2. The van der Waals surface area contributed by atoms with Crippen LogP contribution >= 0.6 is 31.9 Å². The van der Waals surface area contributed by atoms with Crippen molar-refractivity contribution in [1.29, 1.82) is 0 Å². The maximum Gasteiger partial charge on any atom is 0.416 e. The van der Waals surface area contributed by atoms with E-state index in [1.165, 1.54) is 14.1 Å². The Bertz CT molecular complexity index is 1500. The van der Waals surface area contributed by atoms with Gasteiger partial charge in [0.05, 0.1) is 31.1 Å². The Morgan fingerprint density at radius 2 is 0.971 bits per heavy atom. The molecule has 4 rings (SSSR count). The Balaban J connectivity index is 2.31. The average Bonchev–Trinajstić information content (AvgIpc) is 2.76. The highest BCUT2D eigenvalue weighted by atomic mass is 79.9. The molecular formula is C22H12Br2F6N2O2. The Morgan fingerprint density at radius 3 is 1.26 bits per heavy atom. The van der Waals surface area contributed by atoms with Crippen LogP contribution in [-0.4, -0.2) is 9.13 Å². The summed E-state index contributed by atoms with van der Waals surface area (Å²) in [5, 5.41) is -0.145. The van der Waals surface area contributed by atoms with E-state index < -0.39 is 34.6 Å². The highest BCUT2D eigenvalue weighted by Crippen LogP contribution is 2.43. The van der Waals surface area contributed by atoms with Gasteiger partial charge in [-0.2, -0.15) is 26.3 Å². The maximum atomic E-state index is 13.5. The van der Waals surface area contributed by atoms with Gasteiger partial charge in [-0.25, -0.2) is 0 Å². The molecule has 4 aromatic rings. The van der Waals surface area contributed by atoms with Crippen LogP contribution in [0, 0.1) is 0 Å². The van der Waals surface area contributed by atoms with E-state index in [9.17, 15) is 35.9 Å². The van der Waals surface area contributed by atoms with Gasteiger partial charge < -0.3 is 9.13 Å². The van der Waals surface area contributed by atoms with Crippen LogP contribution in [0.25, 0.3) is 32.9 Å². The smallest absolute Gasteiger partial charge is 0.310 e. The molecule has 34 heavy (non-hydrogen) atoms. The van der Waals surface area contributed by atoms with Gasteiger partial charge in [-0.05, 0) is 68.3 Å². The SMILES string of the molecule is Cn1c(=O)c(Br)c(-c2c(Br)c(=O)n(C)c3ccc(C(F)(F)F)cc23)c2cc(C(F)(F)F)ccc21. The molecule has 0 spiro atoms. The summed E-state index contributed by atoms with van der Waals surface area (Å²) >= 11 is 6.24. The molecule has 0 radical (unpaired) electrons. The second-order valence-electron chi connectivity index (χ2n) is 7.57. The zero-order valence-corrected chi connectivity index (χ0v) is 20.4. The lowest BCUT2D eigenvalue weighted by Crippen LogP contribution is -2.22. The van der Waals surface area contributed by atoms with Crippen LogP contribution in [0.2, 0.25) is 0 Å². The van der Waals surface area contributed by atoms with Gasteiger partial charge in [0.1, 0.15) is 0 Å². The number of rotatable bonds is 1. The molecule has 0 amide bonds. The van der Waals surface area contributed by atoms with Crippen LogP contribution in [0.5, 0.6) is 0 Å². The summed E-state index contributed by atoms with van der Waals surface area (Å²) in [5.41, 5.74) is -3.38. The first-order valence-corrected chi connectivity index (χ1v) is 11.0. The van der Waals surface area contributed by atoms with Crippen molar-refractivity contribution < 1.29 is 26.3 Å². The van der Waals surface area contributed by atoms with Crippen LogP contribution in [0.1, 0.15) is 11.1 Å². The molecule has 0 unspecified atom stereocenters. The number of benzene rings is 2. The second kappa shape index (κ2) is 7.98. The molecule has 2 aromatic heterocycles. The number of halogens is 8. The van der Waals surface area contributed by atoms with Crippen molar-refractivity contribution in [3.63, 3.8) is 0 Å². The molecule has 0 atom stereocenters. The third kappa shape index (κ3) is 3.76. The standard InChI is InChI=1S/C22H12Br2F6N2O2/c1-31-13-5-3-9(21(25,26)27)7-11(13)15(17(23)19(31)33)16-12-8-10(22(28,29)30)4-6-14(12)32(2)20(34)18(16)24/h3-8H,1-2H3. The number of pyridine rings is 2. The van der Waals surface area contributed by atoms with E-state index in [0.717, 1.165) is 45.5 Å². The lowest BCUT2D eigenvalue weighted by Gasteiger charge is -2.19. The predicted molar refractivity (Wildman–Crippen MR) is 123 cm³/mol. The number of hydrogen-bond acceptors (Lipinski definition) is 2. The molecule has 0 aliphatic rings. The van der Waals surface area contributed by atoms with E-state index in [2.05, 4.69) is 31.9 Å². The molecule has 0 fully saturated rings. The Kier molecular flexibility index (Phi) is 5.75. The zero-order valence-electron chi connectivity index (χ0n) is 17.2. The van der Waals surface area contributed by atoms with Gasteiger partial charge in [-0.3, -0.25) is 9.59 Å². The Hall–Kier alpha value is -2.60. The van der Waals surface area contributed by atoms with Crippen molar-refractivity contribution in [3.8, 4) is 11.1 Å². The van der Waals surface area contributed by atoms with Gasteiger partial charge in [0, 0.05) is 36.0 Å². The monoisotopic (exact) mass is 608 g/mol. The normalized spacial score (nSPS) is 12.6. The van der Waals surface area contributed by atoms with Crippen LogP contribution in [0.3, 0.4) is 0 Å². The predicted octanol–water partition coefficient (Wildman–Crippen LogP) is 6.62. The minimum absolute atomic E-state index is 0.0727. The molecule has 0 saturated heterocycles. The molecule has 0 N–H and O–H groups in total. The number of nitrogens with zero attached hydrogens (tertiary/aromatic N) is 2. The minimum Gasteiger partial charge on any atom is -0.310 e.